The molecular weight excluding hydrogens is 384 g/mol. The molecule has 1 aromatic rings. The Labute approximate surface area is 166 Å². The monoisotopic (exact) mass is 408 g/mol. The van der Waals surface area contributed by atoms with Crippen molar-refractivity contribution in [2.24, 2.45) is 5.73 Å². The van der Waals surface area contributed by atoms with E-state index in [2.05, 4.69) is 16.0 Å². The molecule has 0 aliphatic heterocycles. The molecule has 158 valence electrons. The van der Waals surface area contributed by atoms with E-state index in [4.69, 9.17) is 10.8 Å². The number of nitrogens with one attached hydrogen (secondary N) is 3. The van der Waals surface area contributed by atoms with Gasteiger partial charge < -0.3 is 31.9 Å². The van der Waals surface area contributed by atoms with Crippen LogP contribution in [0.4, 0.5) is 0 Å². The largest absolute Gasteiger partial charge is 0.481 e. The van der Waals surface area contributed by atoms with Gasteiger partial charge in [-0.1, -0.05) is 30.3 Å². The molecular formula is C18H24N4O7. The Morgan fingerprint density at radius 2 is 1.55 bits per heavy atom. The number of carboxylic acid groups (broad SMARTS) is 2. The summed E-state index contributed by atoms with van der Waals surface area (Å²) in [6.07, 6.45) is -0.517. The number of aliphatic carboxylic acids is 2. The van der Waals surface area contributed by atoms with Crippen molar-refractivity contribution in [1.82, 2.24) is 16.0 Å². The van der Waals surface area contributed by atoms with Crippen LogP contribution in [-0.4, -0.2) is 65.0 Å². The minimum absolute atomic E-state index is 0.0592. The summed E-state index contributed by atoms with van der Waals surface area (Å²) in [5, 5.41) is 24.8. The molecule has 1 aromatic carbocycles. The molecule has 11 heteroatoms. The molecule has 0 aromatic heterocycles. The molecule has 0 saturated heterocycles. The highest BCUT2D eigenvalue weighted by molar-refractivity contribution is 5.92. The number of carbonyl (C=O) groups is 5. The van der Waals surface area contributed by atoms with Crippen molar-refractivity contribution >= 4 is 29.7 Å². The Bertz CT molecular complexity index is 739. The zero-order chi connectivity index (χ0) is 21.8. The molecule has 0 fully saturated rings. The lowest BCUT2D eigenvalue weighted by Crippen LogP contribution is -2.52. The van der Waals surface area contributed by atoms with Crippen LogP contribution in [0.25, 0.3) is 0 Å². The molecule has 0 aliphatic rings. The quantitative estimate of drug-likeness (QED) is 0.234. The van der Waals surface area contributed by atoms with Gasteiger partial charge in [0.05, 0.1) is 13.1 Å². The zero-order valence-electron chi connectivity index (χ0n) is 15.6. The highest BCUT2D eigenvalue weighted by Gasteiger charge is 2.24. The van der Waals surface area contributed by atoms with E-state index in [-0.39, 0.29) is 19.3 Å². The standard InChI is InChI=1S/C18H24N4O7/c19-9-14(23)21-12(6-7-16(25)26)17(27)20-10-15(24)22-13(18(28)29)8-11-4-2-1-3-5-11/h1-5,12-13H,6-10,19H2,(H,20,27)(H,21,23)(H,22,24)(H,25,26)(H,28,29). The summed E-state index contributed by atoms with van der Waals surface area (Å²) >= 11 is 0. The third-order valence-corrected chi connectivity index (χ3v) is 3.82. The second-order valence-electron chi connectivity index (χ2n) is 6.12. The lowest BCUT2D eigenvalue weighted by atomic mass is 10.1. The molecule has 0 spiro atoms. The Morgan fingerprint density at radius 3 is 2.10 bits per heavy atom. The summed E-state index contributed by atoms with van der Waals surface area (Å²) in [7, 11) is 0. The third-order valence-electron chi connectivity index (χ3n) is 3.82. The molecule has 0 aliphatic carbocycles. The zero-order valence-corrected chi connectivity index (χ0v) is 15.6. The minimum Gasteiger partial charge on any atom is -0.481 e. The maximum atomic E-state index is 12.2. The van der Waals surface area contributed by atoms with Crippen molar-refractivity contribution in [2.75, 3.05) is 13.1 Å². The number of carbonyl (C=O) groups excluding carboxylic acids is 3. The number of rotatable bonds is 12. The van der Waals surface area contributed by atoms with Gasteiger partial charge in [-0.2, -0.15) is 0 Å². The first-order valence-electron chi connectivity index (χ1n) is 8.78. The van der Waals surface area contributed by atoms with E-state index in [1.807, 2.05) is 0 Å². The van der Waals surface area contributed by atoms with Gasteiger partial charge in [0.1, 0.15) is 12.1 Å². The molecule has 29 heavy (non-hydrogen) atoms. The fourth-order valence-electron chi connectivity index (χ4n) is 2.38. The molecule has 0 heterocycles. The van der Waals surface area contributed by atoms with Gasteiger partial charge in [-0.05, 0) is 12.0 Å². The Kier molecular flexibility index (Phi) is 9.82. The molecule has 1 rings (SSSR count). The number of carboxylic acids is 2. The second kappa shape index (κ2) is 12.1. The smallest absolute Gasteiger partial charge is 0.326 e. The molecule has 2 unspecified atom stereocenters. The highest BCUT2D eigenvalue weighted by atomic mass is 16.4. The molecule has 0 saturated carbocycles. The van der Waals surface area contributed by atoms with Crippen molar-refractivity contribution in [1.29, 1.82) is 0 Å². The lowest BCUT2D eigenvalue weighted by molar-refractivity contribution is -0.141. The average Bonchev–Trinajstić information content (AvgIpc) is 2.69. The maximum absolute atomic E-state index is 12.2. The number of benzene rings is 1. The second-order valence-corrected chi connectivity index (χ2v) is 6.12. The van der Waals surface area contributed by atoms with Gasteiger partial charge in [-0.25, -0.2) is 4.79 Å². The fraction of sp³-hybridized carbons (Fsp3) is 0.389. The third kappa shape index (κ3) is 9.33. The first-order valence-corrected chi connectivity index (χ1v) is 8.78. The molecule has 11 nitrogen and oxygen atoms in total. The Morgan fingerprint density at radius 1 is 0.931 bits per heavy atom. The summed E-state index contributed by atoms with van der Waals surface area (Å²) in [4.78, 5) is 57.7. The Balaban J connectivity index is 2.61. The van der Waals surface area contributed by atoms with Crippen LogP contribution in [0.15, 0.2) is 30.3 Å². The molecule has 0 bridgehead atoms. The number of nitrogens with two attached hydrogens (primary N) is 1. The van der Waals surface area contributed by atoms with Crippen LogP contribution in [0.3, 0.4) is 0 Å². The van der Waals surface area contributed by atoms with E-state index in [9.17, 15) is 29.1 Å². The SMILES string of the molecule is NCC(=O)NC(CCC(=O)O)C(=O)NCC(=O)NC(Cc1ccccc1)C(=O)O. The highest BCUT2D eigenvalue weighted by Crippen LogP contribution is 2.03. The summed E-state index contributed by atoms with van der Waals surface area (Å²) < 4.78 is 0. The summed E-state index contributed by atoms with van der Waals surface area (Å²) in [5.74, 6) is -4.58. The van der Waals surface area contributed by atoms with Gasteiger partial charge in [-0.15, -0.1) is 0 Å². The van der Waals surface area contributed by atoms with Crippen molar-refractivity contribution in [3.8, 4) is 0 Å². The first kappa shape index (κ1) is 23.6. The van der Waals surface area contributed by atoms with Gasteiger partial charge in [0.25, 0.3) is 0 Å². The number of hydrogen-bond acceptors (Lipinski definition) is 6. The summed E-state index contributed by atoms with van der Waals surface area (Å²) in [6.45, 7) is -0.934. The van der Waals surface area contributed by atoms with Crippen LogP contribution in [0.2, 0.25) is 0 Å². The number of amides is 3. The van der Waals surface area contributed by atoms with E-state index < -0.39 is 54.8 Å². The lowest BCUT2D eigenvalue weighted by Gasteiger charge is -2.18. The summed E-state index contributed by atoms with van der Waals surface area (Å²) in [6, 6.07) is 6.31. The van der Waals surface area contributed by atoms with Crippen molar-refractivity contribution in [3.05, 3.63) is 35.9 Å². The van der Waals surface area contributed by atoms with Gasteiger partial charge in [0.2, 0.25) is 17.7 Å². The van der Waals surface area contributed by atoms with Gasteiger partial charge in [0.15, 0.2) is 0 Å². The maximum Gasteiger partial charge on any atom is 0.326 e. The average molecular weight is 408 g/mol. The van der Waals surface area contributed by atoms with Crippen LogP contribution in [0, 0.1) is 0 Å². The molecule has 7 N–H and O–H groups in total. The van der Waals surface area contributed by atoms with Gasteiger partial charge >= 0.3 is 11.9 Å². The molecule has 3 amide bonds. The Hall–Kier alpha value is -3.47. The van der Waals surface area contributed by atoms with Crippen molar-refractivity contribution in [2.45, 2.75) is 31.3 Å². The normalized spacial score (nSPS) is 12.3. The van der Waals surface area contributed by atoms with E-state index in [1.54, 1.807) is 30.3 Å². The fourth-order valence-corrected chi connectivity index (χ4v) is 2.38. The number of hydrogen-bond donors (Lipinski definition) is 6. The van der Waals surface area contributed by atoms with E-state index in [0.29, 0.717) is 5.56 Å². The van der Waals surface area contributed by atoms with Crippen LogP contribution in [0.1, 0.15) is 18.4 Å². The minimum atomic E-state index is -1.23. The van der Waals surface area contributed by atoms with E-state index in [1.165, 1.54) is 0 Å². The topological polar surface area (TPSA) is 188 Å². The van der Waals surface area contributed by atoms with Crippen molar-refractivity contribution < 1.29 is 34.2 Å². The predicted octanol–water partition coefficient (Wildman–Crippen LogP) is -1.78. The molecule has 2 atom stereocenters. The van der Waals surface area contributed by atoms with Crippen molar-refractivity contribution in [3.63, 3.8) is 0 Å². The van der Waals surface area contributed by atoms with Crippen LogP contribution in [0.5, 0.6) is 0 Å². The van der Waals surface area contributed by atoms with Crippen LogP contribution < -0.4 is 21.7 Å². The van der Waals surface area contributed by atoms with Crippen LogP contribution in [-0.2, 0) is 30.4 Å². The van der Waals surface area contributed by atoms with Crippen LogP contribution >= 0.6 is 0 Å². The van der Waals surface area contributed by atoms with Gasteiger partial charge in [-0.3, -0.25) is 19.2 Å². The first-order chi connectivity index (χ1) is 13.7. The van der Waals surface area contributed by atoms with E-state index >= 15 is 0 Å². The van der Waals surface area contributed by atoms with Gasteiger partial charge in [0, 0.05) is 12.8 Å². The molecule has 0 radical (unpaired) electrons. The predicted molar refractivity (Wildman–Crippen MR) is 101 cm³/mol. The summed E-state index contributed by atoms with van der Waals surface area (Å²) in [5.41, 5.74) is 5.88. The van der Waals surface area contributed by atoms with E-state index in [0.717, 1.165) is 0 Å².